The first kappa shape index (κ1) is 22.7. The zero-order valence-electron chi connectivity index (χ0n) is 16.8. The van der Waals surface area contributed by atoms with E-state index in [1.54, 1.807) is 38.1 Å². The Bertz CT molecular complexity index is 917. The van der Waals surface area contributed by atoms with Crippen LogP contribution in [0, 0.1) is 0 Å². The number of ether oxygens (including phenoxy) is 1. The molecule has 0 bridgehead atoms. The Kier molecular flexibility index (Phi) is 8.00. The van der Waals surface area contributed by atoms with Crippen LogP contribution < -0.4 is 19.7 Å². The summed E-state index contributed by atoms with van der Waals surface area (Å²) in [4.78, 5) is 12.2. The number of hydrogen-bond donors (Lipinski definition) is 3. The van der Waals surface area contributed by atoms with Crippen molar-refractivity contribution in [3.05, 3.63) is 48.5 Å². The molecule has 0 aliphatic heterocycles. The number of carbonyl (C=O) groups excluding carboxylic acids is 1. The summed E-state index contributed by atoms with van der Waals surface area (Å²) in [6, 6.07) is 13.1. The van der Waals surface area contributed by atoms with Crippen LogP contribution >= 0.6 is 0 Å². The molecule has 2 rings (SSSR count). The molecule has 29 heavy (non-hydrogen) atoms. The van der Waals surface area contributed by atoms with Crippen molar-refractivity contribution in [2.45, 2.75) is 24.8 Å². The predicted octanol–water partition coefficient (Wildman–Crippen LogP) is 1.82. The summed E-state index contributed by atoms with van der Waals surface area (Å²) in [6.45, 7) is 3.85. The molecule has 3 N–H and O–H groups in total. The van der Waals surface area contributed by atoms with E-state index in [0.29, 0.717) is 11.4 Å². The van der Waals surface area contributed by atoms with Crippen molar-refractivity contribution in [2.24, 2.45) is 0 Å². The van der Waals surface area contributed by atoms with E-state index in [2.05, 4.69) is 10.6 Å². The number of nitrogens with one attached hydrogen (secondary N) is 2. The summed E-state index contributed by atoms with van der Waals surface area (Å²) in [7, 11) is -2.40. The van der Waals surface area contributed by atoms with Gasteiger partial charge in [0.25, 0.3) is 10.0 Å². The van der Waals surface area contributed by atoms with Crippen LogP contribution in [0.5, 0.6) is 5.75 Å². The first-order chi connectivity index (χ1) is 13.8. The Morgan fingerprint density at radius 3 is 2.48 bits per heavy atom. The number of amides is 1. The first-order valence-corrected chi connectivity index (χ1v) is 10.7. The Balaban J connectivity index is 2.29. The van der Waals surface area contributed by atoms with Gasteiger partial charge in [-0.2, -0.15) is 0 Å². The monoisotopic (exact) mass is 421 g/mol. The number of carbonyl (C=O) groups is 1. The summed E-state index contributed by atoms with van der Waals surface area (Å²) in [5.74, 6) is -0.0375. The highest BCUT2D eigenvalue weighted by Crippen LogP contribution is 2.30. The van der Waals surface area contributed by atoms with Crippen LogP contribution in [0.4, 0.5) is 11.4 Å². The van der Waals surface area contributed by atoms with Crippen molar-refractivity contribution in [3.8, 4) is 5.75 Å². The minimum atomic E-state index is -3.84. The number of sulfonamides is 1. The fourth-order valence-electron chi connectivity index (χ4n) is 2.75. The maximum Gasteiger partial charge on any atom is 0.264 e. The van der Waals surface area contributed by atoms with E-state index in [-0.39, 0.29) is 36.1 Å². The summed E-state index contributed by atoms with van der Waals surface area (Å²) in [6.07, 6.45) is -0.580. The number of anilines is 2. The highest BCUT2D eigenvalue weighted by molar-refractivity contribution is 7.92. The smallest absolute Gasteiger partial charge is 0.264 e. The molecule has 9 heteroatoms. The second-order valence-corrected chi connectivity index (χ2v) is 8.26. The van der Waals surface area contributed by atoms with Gasteiger partial charge in [-0.15, -0.1) is 0 Å². The van der Waals surface area contributed by atoms with Crippen molar-refractivity contribution in [3.63, 3.8) is 0 Å². The normalized spacial score (nSPS) is 12.3. The topological polar surface area (TPSA) is 108 Å². The molecular weight excluding hydrogens is 394 g/mol. The lowest BCUT2D eigenvalue weighted by atomic mass is 10.3. The van der Waals surface area contributed by atoms with Gasteiger partial charge in [0.05, 0.1) is 36.0 Å². The van der Waals surface area contributed by atoms with Crippen molar-refractivity contribution < 1.29 is 23.1 Å². The fourth-order valence-corrected chi connectivity index (χ4v) is 4.25. The average Bonchev–Trinajstić information content (AvgIpc) is 2.68. The van der Waals surface area contributed by atoms with Gasteiger partial charge in [0.2, 0.25) is 5.91 Å². The Labute approximate surface area is 171 Å². The number of nitrogens with zero attached hydrogens (tertiary/aromatic N) is 1. The average molecular weight is 422 g/mol. The number of rotatable bonds is 10. The molecule has 0 aliphatic carbocycles. The predicted molar refractivity (Wildman–Crippen MR) is 113 cm³/mol. The fraction of sp³-hybridized carbons (Fsp3) is 0.350. The van der Waals surface area contributed by atoms with Crippen LogP contribution in [0.3, 0.4) is 0 Å². The lowest BCUT2D eigenvalue weighted by Gasteiger charge is -2.23. The molecule has 2 aromatic carbocycles. The van der Waals surface area contributed by atoms with Gasteiger partial charge in [0.15, 0.2) is 0 Å². The van der Waals surface area contributed by atoms with E-state index in [9.17, 15) is 18.3 Å². The standard InChI is InChI=1S/C20H27N3O5S/c1-4-23(16-8-6-5-7-9-16)29(26,27)17-10-11-19(28-3)18(12-17)22-20(25)14-21-13-15(2)24/h5-12,15,21,24H,4,13-14H2,1-3H3,(H,22,25)/t15-/m1/s1. The van der Waals surface area contributed by atoms with Gasteiger partial charge in [0.1, 0.15) is 5.75 Å². The molecule has 158 valence electrons. The van der Waals surface area contributed by atoms with Crippen molar-refractivity contribution in [2.75, 3.05) is 36.4 Å². The molecule has 0 heterocycles. The van der Waals surface area contributed by atoms with Crippen molar-refractivity contribution in [1.82, 2.24) is 5.32 Å². The Morgan fingerprint density at radius 2 is 1.90 bits per heavy atom. The maximum atomic E-state index is 13.2. The summed E-state index contributed by atoms with van der Waals surface area (Å²) in [5, 5.41) is 14.7. The minimum Gasteiger partial charge on any atom is -0.495 e. The van der Waals surface area contributed by atoms with E-state index in [1.165, 1.54) is 29.6 Å². The molecule has 0 unspecified atom stereocenters. The third-order valence-electron chi connectivity index (χ3n) is 4.09. The van der Waals surface area contributed by atoms with Gasteiger partial charge in [-0.05, 0) is 44.2 Å². The Hall–Kier alpha value is -2.62. The van der Waals surface area contributed by atoms with Crippen LogP contribution in [0.2, 0.25) is 0 Å². The number of aliphatic hydroxyl groups is 1. The van der Waals surface area contributed by atoms with Gasteiger partial charge >= 0.3 is 0 Å². The molecule has 0 aromatic heterocycles. The molecule has 8 nitrogen and oxygen atoms in total. The second kappa shape index (κ2) is 10.2. The molecule has 0 spiro atoms. The van der Waals surface area contributed by atoms with Gasteiger partial charge in [-0.1, -0.05) is 18.2 Å². The van der Waals surface area contributed by atoms with Gasteiger partial charge in [-0.25, -0.2) is 8.42 Å². The number of methoxy groups -OCH3 is 1. The van der Waals surface area contributed by atoms with Crippen LogP contribution in [0.25, 0.3) is 0 Å². The second-order valence-electron chi connectivity index (χ2n) is 6.40. The van der Waals surface area contributed by atoms with Gasteiger partial charge < -0.3 is 20.5 Å². The SMILES string of the molecule is CCN(c1ccccc1)S(=O)(=O)c1ccc(OC)c(NC(=O)CNC[C@@H](C)O)c1. The van der Waals surface area contributed by atoms with Crippen LogP contribution in [-0.4, -0.2) is 52.3 Å². The zero-order chi connectivity index (χ0) is 21.4. The number of para-hydroxylation sites is 1. The molecule has 0 saturated carbocycles. The molecule has 0 aliphatic rings. The largest absolute Gasteiger partial charge is 0.495 e. The van der Waals surface area contributed by atoms with E-state index < -0.39 is 16.1 Å². The van der Waals surface area contributed by atoms with Crippen LogP contribution in [-0.2, 0) is 14.8 Å². The quantitative estimate of drug-likeness (QED) is 0.540. The third-order valence-corrected chi connectivity index (χ3v) is 5.99. The summed E-state index contributed by atoms with van der Waals surface area (Å²) in [5.41, 5.74) is 0.806. The van der Waals surface area contributed by atoms with Crippen LogP contribution in [0.1, 0.15) is 13.8 Å². The lowest BCUT2D eigenvalue weighted by Crippen LogP contribution is -2.33. The molecule has 2 aromatic rings. The number of benzene rings is 2. The summed E-state index contributed by atoms with van der Waals surface area (Å²) < 4.78 is 32.9. The number of aliphatic hydroxyl groups excluding tert-OH is 1. The van der Waals surface area contributed by atoms with Crippen molar-refractivity contribution in [1.29, 1.82) is 0 Å². The lowest BCUT2D eigenvalue weighted by molar-refractivity contribution is -0.115. The highest BCUT2D eigenvalue weighted by Gasteiger charge is 2.25. The Morgan fingerprint density at radius 1 is 1.21 bits per heavy atom. The molecule has 1 atom stereocenters. The molecular formula is C20H27N3O5S. The van der Waals surface area contributed by atoms with Gasteiger partial charge in [-0.3, -0.25) is 9.10 Å². The molecule has 0 radical (unpaired) electrons. The van der Waals surface area contributed by atoms with E-state index >= 15 is 0 Å². The van der Waals surface area contributed by atoms with Crippen LogP contribution in [0.15, 0.2) is 53.4 Å². The molecule has 0 fully saturated rings. The molecule has 1 amide bonds. The first-order valence-electron chi connectivity index (χ1n) is 9.24. The maximum absolute atomic E-state index is 13.2. The molecule has 0 saturated heterocycles. The van der Waals surface area contributed by atoms with E-state index in [1.807, 2.05) is 6.07 Å². The zero-order valence-corrected chi connectivity index (χ0v) is 17.6. The van der Waals surface area contributed by atoms with Gasteiger partial charge in [0, 0.05) is 13.1 Å². The third kappa shape index (κ3) is 5.93. The summed E-state index contributed by atoms with van der Waals surface area (Å²) >= 11 is 0. The number of hydrogen-bond acceptors (Lipinski definition) is 6. The van der Waals surface area contributed by atoms with E-state index in [0.717, 1.165) is 0 Å². The van der Waals surface area contributed by atoms with E-state index in [4.69, 9.17) is 4.74 Å². The van der Waals surface area contributed by atoms with Crippen molar-refractivity contribution >= 4 is 27.3 Å². The minimum absolute atomic E-state index is 0.0316. The highest BCUT2D eigenvalue weighted by atomic mass is 32.2.